The zero-order valence-electron chi connectivity index (χ0n) is 17.0. The molecule has 0 radical (unpaired) electrons. The number of halogens is 1. The maximum Gasteiger partial charge on any atom is 0.237 e. The number of piperazine rings is 1. The Kier molecular flexibility index (Phi) is 6.53. The van der Waals surface area contributed by atoms with E-state index >= 15 is 0 Å². The lowest BCUT2D eigenvalue weighted by Gasteiger charge is -2.34. The highest BCUT2D eigenvalue weighted by molar-refractivity contribution is 14.1. The van der Waals surface area contributed by atoms with Gasteiger partial charge in [0.2, 0.25) is 11.8 Å². The van der Waals surface area contributed by atoms with Crippen molar-refractivity contribution in [2.24, 2.45) is 0 Å². The molecule has 1 aliphatic rings. The molecule has 3 aromatic rings. The van der Waals surface area contributed by atoms with Crippen molar-refractivity contribution >= 4 is 39.9 Å². The number of methoxy groups -OCH3 is 1. The molecule has 0 bridgehead atoms. The van der Waals surface area contributed by atoms with Crippen LogP contribution in [0.15, 0.2) is 54.7 Å². The van der Waals surface area contributed by atoms with Gasteiger partial charge in [-0.2, -0.15) is 4.98 Å². The molecular weight excluding hydrogens is 493 g/mol. The Morgan fingerprint density at radius 2 is 1.67 bits per heavy atom. The van der Waals surface area contributed by atoms with Gasteiger partial charge in [-0.25, -0.2) is 4.98 Å². The summed E-state index contributed by atoms with van der Waals surface area (Å²) in [5, 5.41) is 3.26. The second kappa shape index (κ2) is 9.48. The van der Waals surface area contributed by atoms with E-state index in [1.807, 2.05) is 24.3 Å². The van der Waals surface area contributed by atoms with Crippen molar-refractivity contribution in [1.29, 1.82) is 0 Å². The molecule has 0 amide bonds. The van der Waals surface area contributed by atoms with Gasteiger partial charge in [0.25, 0.3) is 0 Å². The third kappa shape index (κ3) is 4.93. The number of nitrogens with one attached hydrogen (secondary N) is 1. The van der Waals surface area contributed by atoms with Crippen molar-refractivity contribution in [3.05, 3.63) is 58.3 Å². The van der Waals surface area contributed by atoms with Gasteiger partial charge in [-0.15, -0.1) is 0 Å². The van der Waals surface area contributed by atoms with Crippen molar-refractivity contribution in [1.82, 2.24) is 14.9 Å². The van der Waals surface area contributed by atoms with Crippen molar-refractivity contribution in [3.63, 3.8) is 0 Å². The first-order valence-corrected chi connectivity index (χ1v) is 10.8. The Bertz CT molecular complexity index is 991. The minimum Gasteiger partial charge on any atom is -0.493 e. The number of rotatable bonds is 6. The number of aromatic nitrogens is 2. The molecule has 4 rings (SSSR count). The van der Waals surface area contributed by atoms with Gasteiger partial charge < -0.3 is 24.6 Å². The molecule has 30 heavy (non-hydrogen) atoms. The Morgan fingerprint density at radius 3 is 2.37 bits per heavy atom. The highest BCUT2D eigenvalue weighted by atomic mass is 127. The highest BCUT2D eigenvalue weighted by Gasteiger charge is 2.14. The smallest absolute Gasteiger partial charge is 0.237 e. The first kappa shape index (κ1) is 20.7. The van der Waals surface area contributed by atoms with E-state index in [2.05, 4.69) is 79.0 Å². The van der Waals surface area contributed by atoms with Gasteiger partial charge in [-0.3, -0.25) is 0 Å². The lowest BCUT2D eigenvalue weighted by Crippen LogP contribution is -2.44. The van der Waals surface area contributed by atoms with E-state index in [0.29, 0.717) is 23.3 Å². The normalized spacial score (nSPS) is 14.4. The third-order valence-electron chi connectivity index (χ3n) is 4.98. The summed E-state index contributed by atoms with van der Waals surface area (Å²) in [7, 11) is 3.78. The predicted molar refractivity (Wildman–Crippen MR) is 127 cm³/mol. The van der Waals surface area contributed by atoms with E-state index in [4.69, 9.17) is 9.47 Å². The van der Waals surface area contributed by atoms with E-state index in [0.717, 1.165) is 35.4 Å². The van der Waals surface area contributed by atoms with E-state index in [1.54, 1.807) is 13.3 Å². The summed E-state index contributed by atoms with van der Waals surface area (Å²) < 4.78 is 12.2. The summed E-state index contributed by atoms with van der Waals surface area (Å²) in [6, 6.07) is 15.9. The second-order valence-electron chi connectivity index (χ2n) is 7.06. The van der Waals surface area contributed by atoms with E-state index in [1.165, 1.54) is 5.69 Å². The molecule has 0 spiro atoms. The fraction of sp³-hybridized carbons (Fsp3) is 0.273. The van der Waals surface area contributed by atoms with Crippen LogP contribution in [-0.4, -0.2) is 55.2 Å². The molecule has 0 atom stereocenters. The van der Waals surface area contributed by atoms with Gasteiger partial charge >= 0.3 is 0 Å². The highest BCUT2D eigenvalue weighted by Crippen LogP contribution is 2.32. The molecule has 1 fully saturated rings. The molecule has 7 nitrogen and oxygen atoms in total. The molecule has 1 aromatic heterocycles. The van der Waals surface area contributed by atoms with Crippen molar-refractivity contribution in [2.45, 2.75) is 0 Å². The van der Waals surface area contributed by atoms with Crippen molar-refractivity contribution < 1.29 is 9.47 Å². The zero-order chi connectivity index (χ0) is 20.9. The first-order chi connectivity index (χ1) is 14.6. The Labute approximate surface area is 190 Å². The Balaban J connectivity index is 1.46. The number of nitrogens with zero attached hydrogens (tertiary/aromatic N) is 4. The average Bonchev–Trinajstić information content (AvgIpc) is 2.77. The summed E-state index contributed by atoms with van der Waals surface area (Å²) >= 11 is 2.16. The number of ether oxygens (including phenoxy) is 2. The second-order valence-corrected chi connectivity index (χ2v) is 8.22. The third-order valence-corrected chi connectivity index (χ3v) is 5.72. The average molecular weight is 517 g/mol. The van der Waals surface area contributed by atoms with Crippen LogP contribution in [0.1, 0.15) is 0 Å². The molecule has 8 heteroatoms. The fourth-order valence-electron chi connectivity index (χ4n) is 3.24. The first-order valence-electron chi connectivity index (χ1n) is 9.76. The van der Waals surface area contributed by atoms with Crippen LogP contribution in [0.4, 0.5) is 17.3 Å². The largest absolute Gasteiger partial charge is 0.493 e. The van der Waals surface area contributed by atoms with Crippen LogP contribution >= 0.6 is 22.6 Å². The van der Waals surface area contributed by atoms with Gasteiger partial charge in [0.05, 0.1) is 10.7 Å². The minimum atomic E-state index is 0.478. The molecule has 0 aliphatic carbocycles. The van der Waals surface area contributed by atoms with Crippen molar-refractivity contribution in [2.75, 3.05) is 50.6 Å². The quantitative estimate of drug-likeness (QED) is 0.487. The zero-order valence-corrected chi connectivity index (χ0v) is 19.2. The standard InChI is InChI=1S/C22H24IN5O2/c1-27-11-13-28(14-12-27)17-9-7-16(8-10-17)25-22-24-15-18(23)21(26-22)30-20-6-4-3-5-19(20)29-2/h3-10,15H,11-14H2,1-2H3,(H,24,25,26). The fourth-order valence-corrected chi connectivity index (χ4v) is 3.61. The molecule has 0 saturated carbocycles. The number of hydrogen-bond acceptors (Lipinski definition) is 7. The lowest BCUT2D eigenvalue weighted by atomic mass is 10.2. The summed E-state index contributed by atoms with van der Waals surface area (Å²) in [5.74, 6) is 2.22. The molecule has 1 saturated heterocycles. The summed E-state index contributed by atoms with van der Waals surface area (Å²) in [5.41, 5.74) is 2.16. The van der Waals surface area contributed by atoms with Gasteiger partial charge in [0.1, 0.15) is 0 Å². The number of likely N-dealkylation sites (N-methyl/N-ethyl adjacent to an activating group) is 1. The molecule has 1 aliphatic heterocycles. The summed E-state index contributed by atoms with van der Waals surface area (Å²) in [6.07, 6.45) is 1.74. The SMILES string of the molecule is COc1ccccc1Oc1nc(Nc2ccc(N3CCN(C)CC3)cc2)ncc1I. The molecule has 156 valence electrons. The van der Waals surface area contributed by atoms with Gasteiger partial charge in [0.15, 0.2) is 11.5 Å². The Morgan fingerprint density at radius 1 is 0.967 bits per heavy atom. The van der Waals surface area contributed by atoms with Crippen LogP contribution < -0.4 is 19.7 Å². The van der Waals surface area contributed by atoms with Gasteiger partial charge in [-0.05, 0) is 66.0 Å². The van der Waals surface area contributed by atoms with E-state index in [-0.39, 0.29) is 0 Å². The molecule has 0 unspecified atom stereocenters. The van der Waals surface area contributed by atoms with E-state index < -0.39 is 0 Å². The van der Waals surface area contributed by atoms with Crippen LogP contribution in [0.5, 0.6) is 17.4 Å². The number of para-hydroxylation sites is 2. The van der Waals surface area contributed by atoms with E-state index in [9.17, 15) is 0 Å². The van der Waals surface area contributed by atoms with Crippen LogP contribution in [-0.2, 0) is 0 Å². The summed E-state index contributed by atoms with van der Waals surface area (Å²) in [4.78, 5) is 13.7. The van der Waals surface area contributed by atoms with Crippen LogP contribution in [0.2, 0.25) is 0 Å². The minimum absolute atomic E-state index is 0.478. The number of hydrogen-bond donors (Lipinski definition) is 1. The van der Waals surface area contributed by atoms with Crippen molar-refractivity contribution in [3.8, 4) is 17.4 Å². The predicted octanol–water partition coefficient (Wildman–Crippen LogP) is 4.38. The number of benzene rings is 2. The van der Waals surface area contributed by atoms with Crippen LogP contribution in [0, 0.1) is 3.57 Å². The number of anilines is 3. The summed E-state index contributed by atoms with van der Waals surface area (Å²) in [6.45, 7) is 4.28. The Hall–Kier alpha value is -2.59. The molecular formula is C22H24IN5O2. The van der Waals surface area contributed by atoms with Gasteiger partial charge in [0, 0.05) is 43.8 Å². The lowest BCUT2D eigenvalue weighted by molar-refractivity contribution is 0.313. The van der Waals surface area contributed by atoms with Crippen LogP contribution in [0.3, 0.4) is 0 Å². The maximum atomic E-state index is 5.98. The van der Waals surface area contributed by atoms with Gasteiger partial charge in [-0.1, -0.05) is 12.1 Å². The monoisotopic (exact) mass is 517 g/mol. The maximum absolute atomic E-state index is 5.98. The molecule has 2 aromatic carbocycles. The molecule has 1 N–H and O–H groups in total. The molecule has 2 heterocycles. The topological polar surface area (TPSA) is 62.8 Å². The van der Waals surface area contributed by atoms with Crippen LogP contribution in [0.25, 0.3) is 0 Å².